The SMILES string of the molecule is CCC(N)Cc1ccc(Br)cc1N(C)CC1CCCC1. The summed E-state index contributed by atoms with van der Waals surface area (Å²) in [5.41, 5.74) is 8.87. The summed E-state index contributed by atoms with van der Waals surface area (Å²) in [4.78, 5) is 2.43. The Bertz CT molecular complexity index is 427. The molecule has 0 heterocycles. The lowest BCUT2D eigenvalue weighted by molar-refractivity contribution is 0.545. The maximum Gasteiger partial charge on any atom is 0.0408 e. The number of benzene rings is 1. The second kappa shape index (κ2) is 7.46. The van der Waals surface area contributed by atoms with Gasteiger partial charge in [0.1, 0.15) is 0 Å². The summed E-state index contributed by atoms with van der Waals surface area (Å²) < 4.78 is 1.15. The molecule has 2 rings (SSSR count). The number of hydrogen-bond acceptors (Lipinski definition) is 2. The van der Waals surface area contributed by atoms with Crippen LogP contribution in [0, 0.1) is 5.92 Å². The molecule has 1 aromatic rings. The largest absolute Gasteiger partial charge is 0.374 e. The number of halogens is 1. The fourth-order valence-corrected chi connectivity index (χ4v) is 3.52. The maximum atomic E-state index is 6.15. The molecule has 0 amide bonds. The van der Waals surface area contributed by atoms with Crippen LogP contribution in [0.4, 0.5) is 5.69 Å². The van der Waals surface area contributed by atoms with Crippen molar-refractivity contribution in [1.82, 2.24) is 0 Å². The lowest BCUT2D eigenvalue weighted by atomic mass is 10.0. The van der Waals surface area contributed by atoms with Gasteiger partial charge in [0.2, 0.25) is 0 Å². The first-order valence-corrected chi connectivity index (χ1v) is 8.64. The average Bonchev–Trinajstić information content (AvgIpc) is 2.93. The topological polar surface area (TPSA) is 29.3 Å². The molecule has 2 N–H and O–H groups in total. The quantitative estimate of drug-likeness (QED) is 0.835. The normalized spacial score (nSPS) is 17.4. The summed E-state index contributed by atoms with van der Waals surface area (Å²) in [5.74, 6) is 0.867. The van der Waals surface area contributed by atoms with E-state index in [-0.39, 0.29) is 6.04 Å². The monoisotopic (exact) mass is 338 g/mol. The van der Waals surface area contributed by atoms with Gasteiger partial charge in [-0.1, -0.05) is 41.8 Å². The summed E-state index contributed by atoms with van der Waals surface area (Å²) >= 11 is 3.60. The lowest BCUT2D eigenvalue weighted by Gasteiger charge is -2.26. The predicted octanol–water partition coefficient (Wildman–Crippen LogP) is 4.36. The smallest absolute Gasteiger partial charge is 0.0408 e. The van der Waals surface area contributed by atoms with Crippen LogP contribution in [-0.4, -0.2) is 19.6 Å². The van der Waals surface area contributed by atoms with Crippen molar-refractivity contribution in [3.8, 4) is 0 Å². The van der Waals surface area contributed by atoms with Crippen LogP contribution >= 0.6 is 15.9 Å². The van der Waals surface area contributed by atoms with Gasteiger partial charge in [-0.3, -0.25) is 0 Å². The highest BCUT2D eigenvalue weighted by atomic mass is 79.9. The third-order valence-electron chi connectivity index (χ3n) is 4.47. The highest BCUT2D eigenvalue weighted by molar-refractivity contribution is 9.10. The molecule has 20 heavy (non-hydrogen) atoms. The minimum Gasteiger partial charge on any atom is -0.374 e. The van der Waals surface area contributed by atoms with E-state index in [1.54, 1.807) is 0 Å². The number of anilines is 1. The Morgan fingerprint density at radius 2 is 2.05 bits per heavy atom. The molecule has 0 saturated heterocycles. The number of nitrogens with two attached hydrogens (primary N) is 1. The Morgan fingerprint density at radius 1 is 1.35 bits per heavy atom. The van der Waals surface area contributed by atoms with Crippen LogP contribution in [0.3, 0.4) is 0 Å². The maximum absolute atomic E-state index is 6.15. The van der Waals surface area contributed by atoms with Crippen molar-refractivity contribution in [3.05, 3.63) is 28.2 Å². The summed E-state index contributed by atoms with van der Waals surface area (Å²) in [7, 11) is 2.22. The van der Waals surface area contributed by atoms with Gasteiger partial charge in [-0.15, -0.1) is 0 Å². The number of rotatable bonds is 6. The minimum atomic E-state index is 0.259. The Morgan fingerprint density at radius 3 is 2.70 bits per heavy atom. The molecule has 1 aliphatic carbocycles. The van der Waals surface area contributed by atoms with Gasteiger partial charge in [0, 0.05) is 29.8 Å². The predicted molar refractivity (Wildman–Crippen MR) is 91.3 cm³/mol. The summed E-state index contributed by atoms with van der Waals surface area (Å²) in [5, 5.41) is 0. The van der Waals surface area contributed by atoms with E-state index in [0.29, 0.717) is 0 Å². The fraction of sp³-hybridized carbons (Fsp3) is 0.647. The highest BCUT2D eigenvalue weighted by Gasteiger charge is 2.19. The van der Waals surface area contributed by atoms with Crippen LogP contribution in [-0.2, 0) is 6.42 Å². The molecule has 3 heteroatoms. The Kier molecular flexibility index (Phi) is 5.91. The van der Waals surface area contributed by atoms with Crippen molar-refractivity contribution in [2.45, 2.75) is 51.5 Å². The number of hydrogen-bond donors (Lipinski definition) is 1. The van der Waals surface area contributed by atoms with Gasteiger partial charge < -0.3 is 10.6 Å². The van der Waals surface area contributed by atoms with Gasteiger partial charge in [0.05, 0.1) is 0 Å². The zero-order valence-electron chi connectivity index (χ0n) is 12.7. The molecule has 1 unspecified atom stereocenters. The van der Waals surface area contributed by atoms with Crippen LogP contribution in [0.2, 0.25) is 0 Å². The molecule has 1 saturated carbocycles. The van der Waals surface area contributed by atoms with Crippen molar-refractivity contribution >= 4 is 21.6 Å². The average molecular weight is 339 g/mol. The van der Waals surface area contributed by atoms with E-state index < -0.39 is 0 Å². The molecule has 0 spiro atoms. The molecule has 0 aliphatic heterocycles. The van der Waals surface area contributed by atoms with Gasteiger partial charge in [-0.05, 0) is 49.3 Å². The Hall–Kier alpha value is -0.540. The summed E-state index contributed by atoms with van der Waals surface area (Å²) in [6.07, 6.45) is 7.59. The molecular weight excluding hydrogens is 312 g/mol. The van der Waals surface area contributed by atoms with Crippen LogP contribution in [0.5, 0.6) is 0 Å². The molecule has 0 radical (unpaired) electrons. The Labute approximate surface area is 131 Å². The minimum absolute atomic E-state index is 0.259. The Balaban J connectivity index is 2.12. The fourth-order valence-electron chi connectivity index (χ4n) is 3.17. The van der Waals surface area contributed by atoms with Crippen molar-refractivity contribution in [3.63, 3.8) is 0 Å². The first-order chi connectivity index (χ1) is 9.60. The van der Waals surface area contributed by atoms with E-state index in [1.165, 1.54) is 43.5 Å². The van der Waals surface area contributed by atoms with Gasteiger partial charge in [0.15, 0.2) is 0 Å². The standard InChI is InChI=1S/C17H27BrN2/c1-3-16(19)10-14-8-9-15(18)11-17(14)20(2)12-13-6-4-5-7-13/h8-9,11,13,16H,3-7,10,12,19H2,1-2H3. The van der Waals surface area contributed by atoms with E-state index in [0.717, 1.165) is 23.2 Å². The van der Waals surface area contributed by atoms with E-state index in [2.05, 4.69) is 53.0 Å². The molecule has 1 atom stereocenters. The summed E-state index contributed by atoms with van der Waals surface area (Å²) in [6.45, 7) is 3.33. The molecule has 0 bridgehead atoms. The second-order valence-electron chi connectivity index (χ2n) is 6.18. The van der Waals surface area contributed by atoms with E-state index >= 15 is 0 Å². The van der Waals surface area contributed by atoms with E-state index in [4.69, 9.17) is 5.73 Å². The van der Waals surface area contributed by atoms with Crippen LogP contribution in [0.25, 0.3) is 0 Å². The molecule has 112 valence electrons. The third-order valence-corrected chi connectivity index (χ3v) is 4.97. The highest BCUT2D eigenvalue weighted by Crippen LogP contribution is 2.30. The van der Waals surface area contributed by atoms with Crippen LogP contribution in [0.15, 0.2) is 22.7 Å². The van der Waals surface area contributed by atoms with Gasteiger partial charge in [0.25, 0.3) is 0 Å². The second-order valence-corrected chi connectivity index (χ2v) is 7.09. The first-order valence-electron chi connectivity index (χ1n) is 7.85. The molecule has 1 aliphatic rings. The van der Waals surface area contributed by atoms with E-state index in [1.807, 2.05) is 0 Å². The molecular formula is C17H27BrN2. The van der Waals surface area contributed by atoms with Crippen LogP contribution < -0.4 is 10.6 Å². The third kappa shape index (κ3) is 4.23. The first kappa shape index (κ1) is 15.8. The van der Waals surface area contributed by atoms with Crippen molar-refractivity contribution in [2.75, 3.05) is 18.5 Å². The van der Waals surface area contributed by atoms with Crippen molar-refractivity contribution in [2.24, 2.45) is 11.7 Å². The lowest BCUT2D eigenvalue weighted by Crippen LogP contribution is -2.27. The van der Waals surface area contributed by atoms with Gasteiger partial charge in [-0.25, -0.2) is 0 Å². The van der Waals surface area contributed by atoms with Gasteiger partial charge >= 0.3 is 0 Å². The van der Waals surface area contributed by atoms with Crippen molar-refractivity contribution in [1.29, 1.82) is 0 Å². The molecule has 0 aromatic heterocycles. The zero-order chi connectivity index (χ0) is 14.5. The van der Waals surface area contributed by atoms with E-state index in [9.17, 15) is 0 Å². The zero-order valence-corrected chi connectivity index (χ0v) is 14.3. The van der Waals surface area contributed by atoms with Gasteiger partial charge in [-0.2, -0.15) is 0 Å². The van der Waals surface area contributed by atoms with Crippen LogP contribution in [0.1, 0.15) is 44.6 Å². The molecule has 1 fully saturated rings. The van der Waals surface area contributed by atoms with Crippen molar-refractivity contribution < 1.29 is 0 Å². The number of nitrogens with zero attached hydrogens (tertiary/aromatic N) is 1. The summed E-state index contributed by atoms with van der Waals surface area (Å²) in [6, 6.07) is 6.85. The molecule has 1 aromatic carbocycles. The molecule has 2 nitrogen and oxygen atoms in total.